The number of para-hydroxylation sites is 1. The van der Waals surface area contributed by atoms with Crippen LogP contribution in [0.4, 0.5) is 0 Å². The quantitative estimate of drug-likeness (QED) is 0.520. The van der Waals surface area contributed by atoms with Crippen LogP contribution in [0.5, 0.6) is 0 Å². The van der Waals surface area contributed by atoms with Crippen molar-refractivity contribution >= 4 is 26.8 Å². The van der Waals surface area contributed by atoms with Crippen LogP contribution >= 0.6 is 0 Å². The van der Waals surface area contributed by atoms with Gasteiger partial charge in [-0.15, -0.1) is 0 Å². The molecule has 0 spiro atoms. The van der Waals surface area contributed by atoms with Crippen molar-refractivity contribution in [2.45, 2.75) is 37.3 Å². The number of hydrogen-bond acceptors (Lipinski definition) is 6. The van der Waals surface area contributed by atoms with Crippen molar-refractivity contribution in [2.75, 3.05) is 19.7 Å². The third-order valence-corrected chi connectivity index (χ3v) is 7.01. The average Bonchev–Trinajstić information content (AvgIpc) is 3.35. The van der Waals surface area contributed by atoms with E-state index in [0.717, 1.165) is 12.8 Å². The molecular formula is C23H26N4O5S. The van der Waals surface area contributed by atoms with Crippen molar-refractivity contribution in [1.82, 2.24) is 19.6 Å². The summed E-state index contributed by atoms with van der Waals surface area (Å²) in [6.07, 6.45) is 1.61. The summed E-state index contributed by atoms with van der Waals surface area (Å²) in [5.74, 6) is 0.000361. The Kier molecular flexibility index (Phi) is 6.87. The molecule has 3 aromatic rings. The Morgan fingerprint density at radius 3 is 2.82 bits per heavy atom. The van der Waals surface area contributed by atoms with E-state index in [1.165, 1.54) is 23.1 Å². The zero-order chi connectivity index (χ0) is 23.4. The van der Waals surface area contributed by atoms with Gasteiger partial charge in [0, 0.05) is 25.3 Å². The lowest BCUT2D eigenvalue weighted by atomic mass is 10.2. The highest BCUT2D eigenvalue weighted by molar-refractivity contribution is 7.89. The highest BCUT2D eigenvalue weighted by Gasteiger charge is 2.22. The van der Waals surface area contributed by atoms with Gasteiger partial charge in [0.1, 0.15) is 5.82 Å². The first kappa shape index (κ1) is 23.1. The third kappa shape index (κ3) is 5.29. The van der Waals surface area contributed by atoms with Crippen molar-refractivity contribution in [3.63, 3.8) is 0 Å². The molecule has 0 unspecified atom stereocenters. The topological polar surface area (TPSA) is 121 Å². The lowest BCUT2D eigenvalue weighted by Crippen LogP contribution is -2.33. The number of aromatic nitrogens is 2. The van der Waals surface area contributed by atoms with Crippen molar-refractivity contribution in [1.29, 1.82) is 0 Å². The maximum atomic E-state index is 13.1. The van der Waals surface area contributed by atoms with E-state index in [1.807, 2.05) is 0 Å². The number of benzene rings is 2. The van der Waals surface area contributed by atoms with E-state index in [0.29, 0.717) is 29.9 Å². The number of amides is 1. The largest absolute Gasteiger partial charge is 0.377 e. The monoisotopic (exact) mass is 470 g/mol. The molecule has 10 heteroatoms. The van der Waals surface area contributed by atoms with E-state index in [2.05, 4.69) is 14.7 Å². The minimum Gasteiger partial charge on any atom is -0.377 e. The fourth-order valence-electron chi connectivity index (χ4n) is 3.79. The fourth-order valence-corrected chi connectivity index (χ4v) is 4.90. The summed E-state index contributed by atoms with van der Waals surface area (Å²) in [6, 6.07) is 12.9. The molecule has 2 aromatic carbocycles. The van der Waals surface area contributed by atoms with Crippen LogP contribution in [0.25, 0.3) is 10.9 Å². The van der Waals surface area contributed by atoms with Crippen molar-refractivity contribution < 1.29 is 17.9 Å². The molecule has 0 saturated carbocycles. The number of ether oxygens (including phenoxy) is 1. The van der Waals surface area contributed by atoms with E-state index in [-0.39, 0.29) is 41.1 Å². The second-order valence-corrected chi connectivity index (χ2v) is 9.63. The molecule has 0 bridgehead atoms. The van der Waals surface area contributed by atoms with E-state index < -0.39 is 10.0 Å². The van der Waals surface area contributed by atoms with Crippen LogP contribution in [0.2, 0.25) is 0 Å². The molecule has 1 atom stereocenters. The van der Waals surface area contributed by atoms with Crippen molar-refractivity contribution in [2.24, 2.45) is 0 Å². The highest BCUT2D eigenvalue weighted by Crippen LogP contribution is 2.16. The summed E-state index contributed by atoms with van der Waals surface area (Å²) < 4.78 is 33.5. The molecule has 1 fully saturated rings. The van der Waals surface area contributed by atoms with Gasteiger partial charge in [-0.2, -0.15) is 0 Å². The summed E-state index contributed by atoms with van der Waals surface area (Å²) in [7, 11) is -3.79. The summed E-state index contributed by atoms with van der Waals surface area (Å²) in [6.45, 7) is 3.08. The van der Waals surface area contributed by atoms with Crippen LogP contribution in [-0.4, -0.2) is 55.0 Å². The minimum absolute atomic E-state index is 0.0136. The molecule has 1 aromatic heterocycles. The molecule has 33 heavy (non-hydrogen) atoms. The summed E-state index contributed by atoms with van der Waals surface area (Å²) >= 11 is 0. The first-order chi connectivity index (χ1) is 15.9. The van der Waals surface area contributed by atoms with E-state index in [1.54, 1.807) is 37.3 Å². The summed E-state index contributed by atoms with van der Waals surface area (Å²) in [4.78, 5) is 34.2. The zero-order valence-electron chi connectivity index (χ0n) is 18.3. The molecule has 0 aliphatic carbocycles. The number of aromatic amines is 1. The van der Waals surface area contributed by atoms with Gasteiger partial charge in [0.2, 0.25) is 10.0 Å². The number of sulfonamides is 1. The van der Waals surface area contributed by atoms with Gasteiger partial charge in [0.05, 0.1) is 28.4 Å². The Morgan fingerprint density at radius 2 is 2.06 bits per heavy atom. The predicted octanol–water partition coefficient (Wildman–Crippen LogP) is 2.04. The molecule has 0 radical (unpaired) electrons. The van der Waals surface area contributed by atoms with E-state index >= 15 is 0 Å². The van der Waals surface area contributed by atoms with Gasteiger partial charge in [-0.05, 0) is 50.1 Å². The normalized spacial score (nSPS) is 16.2. The predicted molar refractivity (Wildman–Crippen MR) is 123 cm³/mol. The second-order valence-electron chi connectivity index (χ2n) is 7.86. The number of fused-ring (bicyclic) bond motifs is 1. The fraction of sp³-hybridized carbons (Fsp3) is 0.348. The standard InChI is InChI=1S/C23H26N4O5S/c1-2-27(15-21-25-20-11-4-3-10-19(20)22(28)26-21)23(29)16-7-5-9-18(13-16)33(30,31)24-14-17-8-6-12-32-17/h3-5,7,9-11,13,17,24H,2,6,8,12,14-15H2,1H3,(H,25,26,28)/t17-/m0/s1. The maximum Gasteiger partial charge on any atom is 0.258 e. The number of hydrogen-bond donors (Lipinski definition) is 2. The van der Waals surface area contributed by atoms with Crippen LogP contribution < -0.4 is 10.3 Å². The zero-order valence-corrected chi connectivity index (χ0v) is 19.1. The number of nitrogens with one attached hydrogen (secondary N) is 2. The molecule has 1 amide bonds. The average molecular weight is 471 g/mol. The number of rotatable bonds is 8. The van der Waals surface area contributed by atoms with Crippen LogP contribution in [-0.2, 0) is 21.3 Å². The third-order valence-electron chi connectivity index (χ3n) is 5.59. The van der Waals surface area contributed by atoms with Gasteiger partial charge >= 0.3 is 0 Å². The van der Waals surface area contributed by atoms with E-state index in [9.17, 15) is 18.0 Å². The number of carbonyl (C=O) groups is 1. The molecular weight excluding hydrogens is 444 g/mol. The molecule has 1 saturated heterocycles. The Hall–Kier alpha value is -3.08. The van der Waals surface area contributed by atoms with E-state index in [4.69, 9.17) is 4.74 Å². The lowest BCUT2D eigenvalue weighted by Gasteiger charge is -2.21. The van der Waals surface area contributed by atoms with Crippen LogP contribution in [0.1, 0.15) is 35.9 Å². The van der Waals surface area contributed by atoms with Gasteiger partial charge in [0.25, 0.3) is 11.5 Å². The van der Waals surface area contributed by atoms with Gasteiger partial charge in [-0.25, -0.2) is 18.1 Å². The Bertz CT molecular complexity index is 1320. The summed E-state index contributed by atoms with van der Waals surface area (Å²) in [5, 5.41) is 0.476. The molecule has 1 aliphatic rings. The maximum absolute atomic E-state index is 13.1. The molecule has 2 N–H and O–H groups in total. The number of H-pyrrole nitrogens is 1. The SMILES string of the molecule is CCN(Cc1nc2ccccc2c(=O)[nH]1)C(=O)c1cccc(S(=O)(=O)NC[C@@H]2CCCO2)c1. The number of nitrogens with zero attached hydrogens (tertiary/aromatic N) is 2. The highest BCUT2D eigenvalue weighted by atomic mass is 32.2. The van der Waals surface area contributed by atoms with Crippen molar-refractivity contribution in [3.8, 4) is 0 Å². The van der Waals surface area contributed by atoms with Crippen molar-refractivity contribution in [3.05, 3.63) is 70.3 Å². The molecule has 4 rings (SSSR count). The molecule has 2 heterocycles. The van der Waals surface area contributed by atoms with Gasteiger partial charge in [0.15, 0.2) is 0 Å². The second kappa shape index (κ2) is 9.82. The van der Waals surface area contributed by atoms with Crippen LogP contribution in [0.15, 0.2) is 58.2 Å². The Labute approximate surface area is 191 Å². The smallest absolute Gasteiger partial charge is 0.258 e. The molecule has 9 nitrogen and oxygen atoms in total. The van der Waals surface area contributed by atoms with Gasteiger partial charge in [-0.3, -0.25) is 9.59 Å². The Balaban J connectivity index is 1.52. The lowest BCUT2D eigenvalue weighted by molar-refractivity contribution is 0.0748. The van der Waals surface area contributed by atoms with Gasteiger partial charge < -0.3 is 14.6 Å². The summed E-state index contributed by atoms with van der Waals surface area (Å²) in [5.41, 5.74) is 0.509. The van der Waals surface area contributed by atoms with Crippen LogP contribution in [0.3, 0.4) is 0 Å². The molecule has 174 valence electrons. The first-order valence-electron chi connectivity index (χ1n) is 10.9. The Morgan fingerprint density at radius 1 is 1.24 bits per heavy atom. The molecule has 1 aliphatic heterocycles. The number of carbonyl (C=O) groups excluding carboxylic acids is 1. The first-order valence-corrected chi connectivity index (χ1v) is 12.3. The minimum atomic E-state index is -3.79. The van der Waals surface area contributed by atoms with Gasteiger partial charge in [-0.1, -0.05) is 18.2 Å². The van der Waals surface area contributed by atoms with Crippen LogP contribution in [0, 0.1) is 0 Å².